The molecule has 0 unspecified atom stereocenters. The molecule has 0 aliphatic carbocycles. The summed E-state index contributed by atoms with van der Waals surface area (Å²) in [6, 6.07) is 12.8. The highest BCUT2D eigenvalue weighted by atomic mass is 79.9. The van der Waals surface area contributed by atoms with E-state index in [1.54, 1.807) is 17.0 Å². The lowest BCUT2D eigenvalue weighted by atomic mass is 10.1. The number of carbonyl (C=O) groups is 2. The fourth-order valence-corrected chi connectivity index (χ4v) is 3.15. The van der Waals surface area contributed by atoms with Gasteiger partial charge in [0.25, 0.3) is 0 Å². The third-order valence-electron chi connectivity index (χ3n) is 4.09. The molecule has 1 heterocycles. The van der Waals surface area contributed by atoms with Crippen LogP contribution in [0.5, 0.6) is 0 Å². The number of hydrogen-bond acceptors (Lipinski definition) is 2. The van der Waals surface area contributed by atoms with Gasteiger partial charge in [-0.25, -0.2) is 0 Å². The summed E-state index contributed by atoms with van der Waals surface area (Å²) >= 11 is 9.36. The van der Waals surface area contributed by atoms with Crippen LogP contribution in [0, 0.1) is 12.8 Å². The normalized spacial score (nSPS) is 17.2. The lowest BCUT2D eigenvalue weighted by molar-refractivity contribution is -0.122. The Hall–Kier alpha value is -1.85. The first-order valence-electron chi connectivity index (χ1n) is 7.57. The van der Waals surface area contributed by atoms with Crippen molar-refractivity contribution in [3.05, 3.63) is 57.5 Å². The van der Waals surface area contributed by atoms with Gasteiger partial charge in [-0.05, 0) is 48.9 Å². The summed E-state index contributed by atoms with van der Waals surface area (Å²) in [6.07, 6.45) is 0.210. The molecule has 3 rings (SSSR count). The summed E-state index contributed by atoms with van der Waals surface area (Å²) in [7, 11) is 0. The molecule has 6 heteroatoms. The van der Waals surface area contributed by atoms with Crippen LogP contribution in [0.1, 0.15) is 12.0 Å². The summed E-state index contributed by atoms with van der Waals surface area (Å²) in [5.74, 6) is -0.576. The van der Waals surface area contributed by atoms with Crippen LogP contribution in [-0.4, -0.2) is 18.4 Å². The lowest BCUT2D eigenvalue weighted by Crippen LogP contribution is -2.28. The molecule has 2 amide bonds. The Morgan fingerprint density at radius 3 is 2.67 bits per heavy atom. The fraction of sp³-hybridized carbons (Fsp3) is 0.222. The number of nitrogens with zero attached hydrogens (tertiary/aromatic N) is 1. The van der Waals surface area contributed by atoms with Gasteiger partial charge >= 0.3 is 0 Å². The molecule has 0 bridgehead atoms. The Bertz CT molecular complexity index is 792. The molecule has 1 saturated heterocycles. The van der Waals surface area contributed by atoms with Crippen molar-refractivity contribution in [3.63, 3.8) is 0 Å². The van der Waals surface area contributed by atoms with Crippen LogP contribution in [0.3, 0.4) is 0 Å². The fourth-order valence-electron chi connectivity index (χ4n) is 2.72. The van der Waals surface area contributed by atoms with Gasteiger partial charge in [0.05, 0.1) is 5.92 Å². The number of hydrogen-bond donors (Lipinski definition) is 1. The number of amides is 2. The Kier molecular flexibility index (Phi) is 4.92. The quantitative estimate of drug-likeness (QED) is 0.819. The topological polar surface area (TPSA) is 49.4 Å². The molecule has 1 N–H and O–H groups in total. The van der Waals surface area contributed by atoms with Crippen LogP contribution < -0.4 is 10.2 Å². The number of benzene rings is 2. The first-order chi connectivity index (χ1) is 11.4. The minimum atomic E-state index is -0.375. The molecule has 2 aromatic carbocycles. The first kappa shape index (κ1) is 17.0. The number of carbonyl (C=O) groups excluding carboxylic acids is 2. The van der Waals surface area contributed by atoms with Crippen LogP contribution in [0.4, 0.5) is 11.4 Å². The lowest BCUT2D eigenvalue weighted by Gasteiger charge is -2.17. The summed E-state index contributed by atoms with van der Waals surface area (Å²) < 4.78 is 0.948. The molecule has 1 atom stereocenters. The zero-order valence-electron chi connectivity index (χ0n) is 13.1. The molecular formula is C18H16BrClN2O2. The number of aryl methyl sites for hydroxylation is 1. The van der Waals surface area contributed by atoms with E-state index in [2.05, 4.69) is 21.2 Å². The zero-order valence-corrected chi connectivity index (χ0v) is 15.4. The molecule has 0 radical (unpaired) electrons. The van der Waals surface area contributed by atoms with Gasteiger partial charge in [0.2, 0.25) is 11.8 Å². The zero-order chi connectivity index (χ0) is 17.3. The van der Waals surface area contributed by atoms with Crippen LogP contribution in [-0.2, 0) is 9.59 Å². The highest BCUT2D eigenvalue weighted by Gasteiger charge is 2.35. The van der Waals surface area contributed by atoms with Crippen molar-refractivity contribution in [2.24, 2.45) is 5.92 Å². The second-order valence-corrected chi connectivity index (χ2v) is 7.18. The molecule has 0 saturated carbocycles. The average Bonchev–Trinajstić information content (AvgIpc) is 2.94. The molecule has 1 fully saturated rings. The van der Waals surface area contributed by atoms with E-state index < -0.39 is 0 Å². The van der Waals surface area contributed by atoms with Crippen LogP contribution in [0.15, 0.2) is 46.9 Å². The molecule has 124 valence electrons. The SMILES string of the molecule is Cc1ccc(Cl)cc1NC(=O)[C@@H]1CC(=O)N(c2ccc(Br)cc2)C1. The predicted octanol–water partition coefficient (Wildman–Crippen LogP) is 4.40. The minimum Gasteiger partial charge on any atom is -0.325 e. The van der Waals surface area contributed by atoms with Crippen molar-refractivity contribution >= 4 is 50.7 Å². The molecule has 4 nitrogen and oxygen atoms in total. The summed E-state index contributed by atoms with van der Waals surface area (Å²) in [4.78, 5) is 26.4. The number of halogens is 2. The summed E-state index contributed by atoms with van der Waals surface area (Å²) in [5.41, 5.74) is 2.42. The number of anilines is 2. The van der Waals surface area contributed by atoms with Gasteiger partial charge in [-0.2, -0.15) is 0 Å². The summed E-state index contributed by atoms with van der Waals surface area (Å²) in [6.45, 7) is 2.28. The van der Waals surface area contributed by atoms with Crippen LogP contribution in [0.2, 0.25) is 5.02 Å². The van der Waals surface area contributed by atoms with Crippen molar-refractivity contribution in [2.45, 2.75) is 13.3 Å². The van der Waals surface area contributed by atoms with Crippen molar-refractivity contribution in [3.8, 4) is 0 Å². The summed E-state index contributed by atoms with van der Waals surface area (Å²) in [5, 5.41) is 3.45. The maximum absolute atomic E-state index is 12.5. The highest BCUT2D eigenvalue weighted by molar-refractivity contribution is 9.10. The predicted molar refractivity (Wildman–Crippen MR) is 99.4 cm³/mol. The van der Waals surface area contributed by atoms with Crippen molar-refractivity contribution in [1.82, 2.24) is 0 Å². The van der Waals surface area contributed by atoms with Crippen molar-refractivity contribution in [1.29, 1.82) is 0 Å². The van der Waals surface area contributed by atoms with Gasteiger partial charge in [0.15, 0.2) is 0 Å². The maximum Gasteiger partial charge on any atom is 0.229 e. The Morgan fingerprint density at radius 2 is 1.96 bits per heavy atom. The van der Waals surface area contributed by atoms with Gasteiger partial charge in [-0.1, -0.05) is 33.6 Å². The third kappa shape index (κ3) is 3.62. The monoisotopic (exact) mass is 406 g/mol. The van der Waals surface area contributed by atoms with Gasteiger partial charge < -0.3 is 10.2 Å². The van der Waals surface area contributed by atoms with E-state index in [1.165, 1.54) is 0 Å². The van der Waals surface area contributed by atoms with Gasteiger partial charge in [-0.15, -0.1) is 0 Å². The van der Waals surface area contributed by atoms with Gasteiger partial charge in [-0.3, -0.25) is 9.59 Å². The van der Waals surface area contributed by atoms with Crippen molar-refractivity contribution in [2.75, 3.05) is 16.8 Å². The molecular weight excluding hydrogens is 392 g/mol. The standard InChI is InChI=1S/C18H16BrClN2O2/c1-11-2-5-14(20)9-16(11)21-18(24)12-8-17(23)22(10-12)15-6-3-13(19)4-7-15/h2-7,9,12H,8,10H2,1H3,(H,21,24)/t12-/m1/s1. The second kappa shape index (κ2) is 6.95. The van der Waals surface area contributed by atoms with E-state index in [4.69, 9.17) is 11.6 Å². The Balaban J connectivity index is 1.72. The smallest absolute Gasteiger partial charge is 0.229 e. The molecule has 24 heavy (non-hydrogen) atoms. The number of nitrogens with one attached hydrogen (secondary N) is 1. The number of rotatable bonds is 3. The Morgan fingerprint density at radius 1 is 1.25 bits per heavy atom. The van der Waals surface area contributed by atoms with E-state index in [9.17, 15) is 9.59 Å². The first-order valence-corrected chi connectivity index (χ1v) is 8.74. The Labute approximate surface area is 153 Å². The third-order valence-corrected chi connectivity index (χ3v) is 4.86. The van der Waals surface area contributed by atoms with Gasteiger partial charge in [0.1, 0.15) is 0 Å². The molecule has 0 aromatic heterocycles. The van der Waals surface area contributed by atoms with Crippen molar-refractivity contribution < 1.29 is 9.59 Å². The molecule has 1 aliphatic heterocycles. The van der Waals surface area contributed by atoms with E-state index in [0.29, 0.717) is 17.3 Å². The van der Waals surface area contributed by atoms with Crippen LogP contribution >= 0.6 is 27.5 Å². The van der Waals surface area contributed by atoms with Crippen LogP contribution in [0.25, 0.3) is 0 Å². The minimum absolute atomic E-state index is 0.0414. The average molecular weight is 408 g/mol. The largest absolute Gasteiger partial charge is 0.325 e. The van der Waals surface area contributed by atoms with E-state index in [-0.39, 0.29) is 24.2 Å². The van der Waals surface area contributed by atoms with E-state index >= 15 is 0 Å². The maximum atomic E-state index is 12.5. The highest BCUT2D eigenvalue weighted by Crippen LogP contribution is 2.28. The second-order valence-electron chi connectivity index (χ2n) is 5.83. The molecule has 2 aromatic rings. The molecule has 1 aliphatic rings. The molecule has 0 spiro atoms. The van der Waals surface area contributed by atoms with E-state index in [0.717, 1.165) is 15.7 Å². The van der Waals surface area contributed by atoms with E-state index in [1.807, 2.05) is 37.3 Å². The van der Waals surface area contributed by atoms with Gasteiger partial charge in [0, 0.05) is 33.8 Å².